The Morgan fingerprint density at radius 3 is 2.85 bits per heavy atom. The Balaban J connectivity index is 1.49. The first-order valence-corrected chi connectivity index (χ1v) is 8.65. The molecule has 1 saturated heterocycles. The molecule has 7 nitrogen and oxygen atoms in total. The van der Waals surface area contributed by atoms with E-state index in [9.17, 15) is 18.0 Å². The van der Waals surface area contributed by atoms with E-state index in [0.717, 1.165) is 10.7 Å². The molecule has 140 valence electrons. The summed E-state index contributed by atoms with van der Waals surface area (Å²) in [5.41, 5.74) is 1.55. The first-order valence-electron chi connectivity index (χ1n) is 7.66. The number of thioether (sulfide) groups is 1. The molecule has 2 amide bonds. The number of nitrogens with zero attached hydrogens (tertiary/aromatic N) is 4. The average molecular weight is 387 g/mol. The van der Waals surface area contributed by atoms with Crippen LogP contribution in [0.5, 0.6) is 0 Å². The van der Waals surface area contributed by atoms with Crippen LogP contribution < -0.4 is 5.32 Å². The number of benzene rings is 1. The fourth-order valence-corrected chi connectivity index (χ4v) is 3.19. The Hall–Kier alpha value is -2.27. The molecule has 2 heterocycles. The Morgan fingerprint density at radius 2 is 2.19 bits per heavy atom. The van der Waals surface area contributed by atoms with Crippen molar-refractivity contribution in [1.82, 2.24) is 19.7 Å². The Morgan fingerprint density at radius 1 is 1.42 bits per heavy atom. The molecule has 0 unspecified atom stereocenters. The number of hydrogen-bond acceptors (Lipinski definition) is 5. The van der Waals surface area contributed by atoms with Gasteiger partial charge in [0.05, 0.1) is 13.1 Å². The SMILES string of the molecule is Cn1cnnc1SCc1cccc(NC(=O)N2CC(OC(F)(F)F)C2)c1. The monoisotopic (exact) mass is 387 g/mol. The zero-order chi connectivity index (χ0) is 18.7. The first kappa shape index (κ1) is 18.5. The van der Waals surface area contributed by atoms with E-state index >= 15 is 0 Å². The topological polar surface area (TPSA) is 72.3 Å². The summed E-state index contributed by atoms with van der Waals surface area (Å²) < 4.78 is 41.9. The summed E-state index contributed by atoms with van der Waals surface area (Å²) in [6.07, 6.45) is -4.07. The molecule has 0 bridgehead atoms. The molecule has 0 atom stereocenters. The van der Waals surface area contributed by atoms with Gasteiger partial charge in [-0.25, -0.2) is 4.79 Å². The van der Waals surface area contributed by atoms with Crippen molar-refractivity contribution in [2.75, 3.05) is 18.4 Å². The van der Waals surface area contributed by atoms with Gasteiger partial charge in [0.25, 0.3) is 0 Å². The molecular formula is C15H16F3N5O2S. The second kappa shape index (κ2) is 7.54. The van der Waals surface area contributed by atoms with E-state index in [2.05, 4.69) is 20.3 Å². The second-order valence-corrected chi connectivity index (χ2v) is 6.68. The molecule has 1 aliphatic rings. The minimum atomic E-state index is -4.68. The lowest BCUT2D eigenvalue weighted by molar-refractivity contribution is -0.352. The summed E-state index contributed by atoms with van der Waals surface area (Å²) in [6.45, 7) is -0.180. The van der Waals surface area contributed by atoms with Gasteiger partial charge in [-0.3, -0.25) is 4.74 Å². The standard InChI is InChI=1S/C15H16F3N5O2S/c1-22-9-19-21-14(22)26-8-10-3-2-4-11(5-10)20-13(24)23-6-12(7-23)25-15(16,17)18/h2-5,9,12H,6-8H2,1H3,(H,20,24). The summed E-state index contributed by atoms with van der Waals surface area (Å²) in [6, 6.07) is 6.79. The normalized spacial score (nSPS) is 15.0. The van der Waals surface area contributed by atoms with Crippen molar-refractivity contribution in [1.29, 1.82) is 0 Å². The lowest BCUT2D eigenvalue weighted by Crippen LogP contribution is -2.57. The van der Waals surface area contributed by atoms with E-state index in [-0.39, 0.29) is 13.1 Å². The van der Waals surface area contributed by atoms with Crippen molar-refractivity contribution in [3.63, 3.8) is 0 Å². The molecule has 1 N–H and O–H groups in total. The van der Waals surface area contributed by atoms with Crippen molar-refractivity contribution in [2.24, 2.45) is 7.05 Å². The number of halogens is 3. The first-order chi connectivity index (χ1) is 12.3. The molecule has 26 heavy (non-hydrogen) atoms. The quantitative estimate of drug-likeness (QED) is 0.799. The van der Waals surface area contributed by atoms with Crippen LogP contribution in [0, 0.1) is 0 Å². The number of hydrogen-bond donors (Lipinski definition) is 1. The highest BCUT2D eigenvalue weighted by atomic mass is 32.2. The Labute approximate surface area is 151 Å². The zero-order valence-electron chi connectivity index (χ0n) is 13.7. The number of amides is 2. The van der Waals surface area contributed by atoms with Crippen LogP contribution in [0.15, 0.2) is 35.7 Å². The lowest BCUT2D eigenvalue weighted by Gasteiger charge is -2.38. The van der Waals surface area contributed by atoms with Gasteiger partial charge in [-0.05, 0) is 17.7 Å². The number of alkyl halides is 3. The third-order valence-electron chi connectivity index (χ3n) is 3.65. The predicted molar refractivity (Wildman–Crippen MR) is 88.5 cm³/mol. The van der Waals surface area contributed by atoms with Crippen molar-refractivity contribution < 1.29 is 22.7 Å². The molecule has 1 fully saturated rings. The van der Waals surface area contributed by atoms with Crippen molar-refractivity contribution in [3.05, 3.63) is 36.2 Å². The second-order valence-electron chi connectivity index (χ2n) is 5.73. The number of carbonyl (C=O) groups is 1. The van der Waals surface area contributed by atoms with E-state index in [0.29, 0.717) is 11.4 Å². The Bertz CT molecular complexity index is 777. The molecule has 1 aromatic heterocycles. The lowest BCUT2D eigenvalue weighted by atomic mass is 10.2. The molecule has 0 saturated carbocycles. The van der Waals surface area contributed by atoms with Gasteiger partial charge >= 0.3 is 12.4 Å². The number of anilines is 1. The van der Waals surface area contributed by atoms with Gasteiger partial charge in [0.15, 0.2) is 5.16 Å². The molecule has 1 aromatic carbocycles. The number of ether oxygens (including phenoxy) is 1. The summed E-state index contributed by atoms with van der Waals surface area (Å²) in [5, 5.41) is 11.2. The van der Waals surface area contributed by atoms with Gasteiger partial charge < -0.3 is 14.8 Å². The molecule has 0 spiro atoms. The van der Waals surface area contributed by atoms with Crippen LogP contribution in [0.1, 0.15) is 5.56 Å². The highest BCUT2D eigenvalue weighted by Crippen LogP contribution is 2.25. The summed E-state index contributed by atoms with van der Waals surface area (Å²) in [7, 11) is 1.85. The number of aromatic nitrogens is 3. The van der Waals surface area contributed by atoms with Gasteiger partial charge in [0.1, 0.15) is 12.4 Å². The van der Waals surface area contributed by atoms with Gasteiger partial charge in [0, 0.05) is 18.5 Å². The fraction of sp³-hybridized carbons (Fsp3) is 0.400. The Kier molecular flexibility index (Phi) is 5.37. The molecular weight excluding hydrogens is 371 g/mol. The average Bonchev–Trinajstić information content (AvgIpc) is 2.93. The van der Waals surface area contributed by atoms with E-state index in [1.165, 1.54) is 16.7 Å². The highest BCUT2D eigenvalue weighted by Gasteiger charge is 2.40. The molecule has 0 radical (unpaired) electrons. The van der Waals surface area contributed by atoms with Crippen LogP contribution in [0.3, 0.4) is 0 Å². The molecule has 1 aliphatic heterocycles. The predicted octanol–water partition coefficient (Wildman–Crippen LogP) is 2.86. The fourth-order valence-electron chi connectivity index (χ4n) is 2.36. The van der Waals surface area contributed by atoms with Crippen molar-refractivity contribution in [2.45, 2.75) is 23.4 Å². The molecule has 11 heteroatoms. The number of rotatable bonds is 5. The van der Waals surface area contributed by atoms with Crippen molar-refractivity contribution in [3.8, 4) is 0 Å². The maximum atomic E-state index is 12.1. The van der Waals surface area contributed by atoms with Gasteiger partial charge in [0.2, 0.25) is 0 Å². The van der Waals surface area contributed by atoms with Gasteiger partial charge in [-0.1, -0.05) is 23.9 Å². The largest absolute Gasteiger partial charge is 0.522 e. The van der Waals surface area contributed by atoms with Crippen LogP contribution in [0.4, 0.5) is 23.7 Å². The maximum absolute atomic E-state index is 12.1. The van der Waals surface area contributed by atoms with Crippen molar-refractivity contribution >= 4 is 23.5 Å². The molecule has 2 aromatic rings. The third-order valence-corrected chi connectivity index (χ3v) is 4.76. The van der Waals surface area contributed by atoms with Crippen LogP contribution in [-0.4, -0.2) is 51.3 Å². The number of urea groups is 1. The number of aryl methyl sites for hydroxylation is 1. The smallest absolute Gasteiger partial charge is 0.319 e. The van der Waals surface area contributed by atoms with Crippen LogP contribution in [-0.2, 0) is 17.5 Å². The summed E-state index contributed by atoms with van der Waals surface area (Å²) >= 11 is 1.51. The van der Waals surface area contributed by atoms with E-state index < -0.39 is 18.5 Å². The number of nitrogens with one attached hydrogen (secondary N) is 1. The van der Waals surface area contributed by atoms with E-state index in [1.54, 1.807) is 23.0 Å². The number of likely N-dealkylation sites (tertiary alicyclic amines) is 1. The molecule has 3 rings (SSSR count). The maximum Gasteiger partial charge on any atom is 0.522 e. The summed E-state index contributed by atoms with van der Waals surface area (Å²) in [4.78, 5) is 13.3. The van der Waals surface area contributed by atoms with E-state index in [4.69, 9.17) is 0 Å². The van der Waals surface area contributed by atoms with Crippen LogP contribution >= 0.6 is 11.8 Å². The minimum absolute atomic E-state index is 0.0902. The zero-order valence-corrected chi connectivity index (χ0v) is 14.5. The van der Waals surface area contributed by atoms with Gasteiger partial charge in [-0.2, -0.15) is 0 Å². The third kappa shape index (κ3) is 4.88. The van der Waals surface area contributed by atoms with Crippen LogP contribution in [0.25, 0.3) is 0 Å². The molecule has 0 aliphatic carbocycles. The summed E-state index contributed by atoms with van der Waals surface area (Å²) in [5.74, 6) is 0.640. The highest BCUT2D eigenvalue weighted by molar-refractivity contribution is 7.98. The van der Waals surface area contributed by atoms with Crippen LogP contribution in [0.2, 0.25) is 0 Å². The van der Waals surface area contributed by atoms with E-state index in [1.807, 2.05) is 19.2 Å². The number of carbonyl (C=O) groups excluding carboxylic acids is 1. The van der Waals surface area contributed by atoms with Gasteiger partial charge in [-0.15, -0.1) is 23.4 Å². The minimum Gasteiger partial charge on any atom is -0.319 e.